The van der Waals surface area contributed by atoms with Crippen LogP contribution >= 0.6 is 22.9 Å². The van der Waals surface area contributed by atoms with Crippen LogP contribution in [0.3, 0.4) is 0 Å². The number of thiophene rings is 1. The van der Waals surface area contributed by atoms with E-state index < -0.39 is 17.8 Å². The van der Waals surface area contributed by atoms with Crippen molar-refractivity contribution in [3.63, 3.8) is 0 Å². The molecule has 2 nitrogen and oxygen atoms in total. The molecular weight excluding hydrogens is 383 g/mol. The van der Waals surface area contributed by atoms with Crippen LogP contribution in [-0.4, -0.2) is 24.5 Å². The first kappa shape index (κ1) is 19.5. The van der Waals surface area contributed by atoms with Crippen LogP contribution in [-0.2, 0) is 6.18 Å². The molecule has 2 aromatic rings. The minimum Gasteiger partial charge on any atom is -0.484 e. The molecule has 142 valence electrons. The zero-order valence-electron chi connectivity index (χ0n) is 14.3. The number of hydrogen-bond acceptors (Lipinski definition) is 3. The number of ether oxygens (including phenoxy) is 1. The standard InChI is InChI=1S/C19H21ClF3NOS/c20-18-9-8-17(26-18)16(10-13-24-11-4-1-5-12-24)25-15-7-3-2-6-14(15)19(21,22)23/h2-3,6-9,16H,1,4-5,10-13H2. The van der Waals surface area contributed by atoms with Crippen LogP contribution in [0.1, 0.15) is 42.2 Å². The Morgan fingerprint density at radius 2 is 1.81 bits per heavy atom. The van der Waals surface area contributed by atoms with Gasteiger partial charge in [0.05, 0.1) is 9.90 Å². The van der Waals surface area contributed by atoms with Gasteiger partial charge in [-0.25, -0.2) is 0 Å². The number of benzene rings is 1. The van der Waals surface area contributed by atoms with E-state index in [0.717, 1.165) is 30.6 Å². The molecule has 0 aliphatic carbocycles. The van der Waals surface area contributed by atoms with E-state index in [9.17, 15) is 13.2 Å². The lowest BCUT2D eigenvalue weighted by Gasteiger charge is -2.28. The highest BCUT2D eigenvalue weighted by Crippen LogP contribution is 2.39. The average Bonchev–Trinajstić information content (AvgIpc) is 3.05. The molecule has 0 radical (unpaired) electrons. The van der Waals surface area contributed by atoms with Gasteiger partial charge in [-0.3, -0.25) is 0 Å². The molecule has 0 N–H and O–H groups in total. The Hall–Kier alpha value is -1.24. The SMILES string of the molecule is FC(F)(F)c1ccccc1OC(CCN1CCCCC1)c1ccc(Cl)s1. The summed E-state index contributed by atoms with van der Waals surface area (Å²) in [7, 11) is 0. The number of alkyl halides is 3. The molecule has 0 bridgehead atoms. The fourth-order valence-corrected chi connectivity index (χ4v) is 4.33. The molecule has 0 saturated carbocycles. The van der Waals surface area contributed by atoms with Gasteiger partial charge in [-0.2, -0.15) is 13.2 Å². The Morgan fingerprint density at radius 1 is 1.08 bits per heavy atom. The van der Waals surface area contributed by atoms with Gasteiger partial charge in [0.25, 0.3) is 0 Å². The Balaban J connectivity index is 1.78. The summed E-state index contributed by atoms with van der Waals surface area (Å²) >= 11 is 7.39. The average molecular weight is 404 g/mol. The summed E-state index contributed by atoms with van der Waals surface area (Å²) in [4.78, 5) is 3.20. The first-order chi connectivity index (χ1) is 12.4. The smallest absolute Gasteiger partial charge is 0.419 e. The summed E-state index contributed by atoms with van der Waals surface area (Å²) in [5.41, 5.74) is -0.745. The van der Waals surface area contributed by atoms with Crippen LogP contribution in [0.4, 0.5) is 13.2 Å². The second kappa shape index (κ2) is 8.63. The van der Waals surface area contributed by atoms with E-state index in [2.05, 4.69) is 4.90 Å². The van der Waals surface area contributed by atoms with E-state index in [4.69, 9.17) is 16.3 Å². The van der Waals surface area contributed by atoms with Crippen LogP contribution in [0, 0.1) is 0 Å². The van der Waals surface area contributed by atoms with Crippen molar-refractivity contribution >= 4 is 22.9 Å². The number of para-hydroxylation sites is 1. The fraction of sp³-hybridized carbons (Fsp3) is 0.474. The third-order valence-electron chi connectivity index (χ3n) is 4.53. The lowest BCUT2D eigenvalue weighted by atomic mass is 10.1. The van der Waals surface area contributed by atoms with E-state index in [1.165, 1.54) is 42.7 Å². The first-order valence-electron chi connectivity index (χ1n) is 8.74. The number of piperidine rings is 1. The fourth-order valence-electron chi connectivity index (χ4n) is 3.20. The highest BCUT2D eigenvalue weighted by atomic mass is 35.5. The Kier molecular flexibility index (Phi) is 6.48. The first-order valence-corrected chi connectivity index (χ1v) is 9.93. The molecule has 3 rings (SSSR count). The van der Waals surface area contributed by atoms with Crippen molar-refractivity contribution in [3.05, 3.63) is 51.2 Å². The molecule has 1 aromatic heterocycles. The molecule has 0 spiro atoms. The minimum absolute atomic E-state index is 0.131. The van der Waals surface area contributed by atoms with Crippen LogP contribution in [0.15, 0.2) is 36.4 Å². The summed E-state index contributed by atoms with van der Waals surface area (Å²) in [6.07, 6.45) is -0.668. The van der Waals surface area contributed by atoms with Gasteiger partial charge in [0.15, 0.2) is 0 Å². The number of rotatable bonds is 6. The summed E-state index contributed by atoms with van der Waals surface area (Å²) in [5, 5.41) is 0. The zero-order chi connectivity index (χ0) is 18.6. The lowest BCUT2D eigenvalue weighted by molar-refractivity contribution is -0.139. The maximum atomic E-state index is 13.3. The van der Waals surface area contributed by atoms with Crippen molar-refractivity contribution in [2.24, 2.45) is 0 Å². The maximum Gasteiger partial charge on any atom is 0.419 e. The molecule has 1 atom stereocenters. The third-order valence-corrected chi connectivity index (χ3v) is 5.85. The normalized spacial score (nSPS) is 17.2. The monoisotopic (exact) mass is 403 g/mol. The van der Waals surface area contributed by atoms with Gasteiger partial charge in [0.1, 0.15) is 11.9 Å². The van der Waals surface area contributed by atoms with Crippen molar-refractivity contribution in [1.29, 1.82) is 0 Å². The second-order valence-electron chi connectivity index (χ2n) is 6.43. The molecule has 1 saturated heterocycles. The molecule has 1 fully saturated rings. The third kappa shape index (κ3) is 5.15. The zero-order valence-corrected chi connectivity index (χ0v) is 15.8. The van der Waals surface area contributed by atoms with E-state index in [0.29, 0.717) is 10.8 Å². The van der Waals surface area contributed by atoms with Gasteiger partial charge in [0, 0.05) is 17.8 Å². The molecule has 1 aliphatic rings. The minimum atomic E-state index is -4.44. The lowest BCUT2D eigenvalue weighted by Crippen LogP contribution is -2.31. The van der Waals surface area contributed by atoms with E-state index in [1.807, 2.05) is 6.07 Å². The van der Waals surface area contributed by atoms with E-state index in [1.54, 1.807) is 12.1 Å². The van der Waals surface area contributed by atoms with Gasteiger partial charge in [-0.05, 0) is 50.2 Å². The quantitative estimate of drug-likeness (QED) is 0.552. The van der Waals surface area contributed by atoms with Gasteiger partial charge in [-0.15, -0.1) is 11.3 Å². The van der Waals surface area contributed by atoms with Gasteiger partial charge in [-0.1, -0.05) is 30.2 Å². The molecule has 1 aromatic carbocycles. The Labute approximate surface area is 160 Å². The number of hydrogen-bond donors (Lipinski definition) is 0. The van der Waals surface area contributed by atoms with Crippen LogP contribution in [0.2, 0.25) is 4.34 Å². The molecule has 1 unspecified atom stereocenters. The molecule has 26 heavy (non-hydrogen) atoms. The van der Waals surface area contributed by atoms with Crippen molar-refractivity contribution in [3.8, 4) is 5.75 Å². The number of likely N-dealkylation sites (tertiary alicyclic amines) is 1. The van der Waals surface area contributed by atoms with Gasteiger partial charge in [0.2, 0.25) is 0 Å². The molecular formula is C19H21ClF3NOS. The summed E-state index contributed by atoms with van der Waals surface area (Å²) in [6, 6.07) is 8.97. The molecule has 1 aliphatic heterocycles. The summed E-state index contributed by atoms with van der Waals surface area (Å²) < 4.78 is 46.3. The highest BCUT2D eigenvalue weighted by molar-refractivity contribution is 7.16. The molecule has 0 amide bonds. The largest absolute Gasteiger partial charge is 0.484 e. The second-order valence-corrected chi connectivity index (χ2v) is 8.18. The van der Waals surface area contributed by atoms with Crippen LogP contribution < -0.4 is 4.74 Å². The van der Waals surface area contributed by atoms with E-state index >= 15 is 0 Å². The Bertz CT molecular complexity index is 713. The maximum absolute atomic E-state index is 13.3. The number of halogens is 4. The number of nitrogens with zero attached hydrogens (tertiary/aromatic N) is 1. The predicted molar refractivity (Wildman–Crippen MR) is 99.1 cm³/mol. The van der Waals surface area contributed by atoms with Gasteiger partial charge >= 0.3 is 6.18 Å². The molecule has 2 heterocycles. The van der Waals surface area contributed by atoms with Crippen molar-refractivity contribution < 1.29 is 17.9 Å². The van der Waals surface area contributed by atoms with Crippen LogP contribution in [0.5, 0.6) is 5.75 Å². The van der Waals surface area contributed by atoms with Gasteiger partial charge < -0.3 is 9.64 Å². The Morgan fingerprint density at radius 3 is 2.46 bits per heavy atom. The predicted octanol–water partition coefficient (Wildman–Crippen LogP) is 6.42. The van der Waals surface area contributed by atoms with Crippen molar-refractivity contribution in [2.45, 2.75) is 38.0 Å². The topological polar surface area (TPSA) is 12.5 Å². The van der Waals surface area contributed by atoms with Crippen LogP contribution in [0.25, 0.3) is 0 Å². The van der Waals surface area contributed by atoms with Crippen molar-refractivity contribution in [2.75, 3.05) is 19.6 Å². The van der Waals surface area contributed by atoms with E-state index in [-0.39, 0.29) is 5.75 Å². The van der Waals surface area contributed by atoms with Crippen molar-refractivity contribution in [1.82, 2.24) is 4.90 Å². The summed E-state index contributed by atoms with van der Waals surface area (Å²) in [5.74, 6) is -0.131. The summed E-state index contributed by atoms with van der Waals surface area (Å²) in [6.45, 7) is 2.88. The highest BCUT2D eigenvalue weighted by Gasteiger charge is 2.35. The molecule has 7 heteroatoms.